The molecule has 3 nitrogen and oxygen atoms in total. The van der Waals surface area contributed by atoms with Gasteiger partial charge in [-0.2, -0.15) is 0 Å². The number of carboxylic acid groups (broad SMARTS) is 1. The van der Waals surface area contributed by atoms with Crippen LogP contribution in [0.5, 0.6) is 0 Å². The van der Waals surface area contributed by atoms with E-state index < -0.39 is 5.97 Å². The van der Waals surface area contributed by atoms with E-state index in [9.17, 15) is 4.79 Å². The molecule has 0 fully saturated rings. The van der Waals surface area contributed by atoms with E-state index in [-0.39, 0.29) is 0 Å². The minimum absolute atomic E-state index is 0.341. The summed E-state index contributed by atoms with van der Waals surface area (Å²) in [6.07, 6.45) is 0.927. The van der Waals surface area contributed by atoms with Gasteiger partial charge >= 0.3 is 5.97 Å². The highest BCUT2D eigenvalue weighted by Crippen LogP contribution is 2.04. The zero-order valence-electron chi connectivity index (χ0n) is 8.99. The molecule has 1 aromatic carbocycles. The summed E-state index contributed by atoms with van der Waals surface area (Å²) >= 11 is 0. The van der Waals surface area contributed by atoms with Crippen LogP contribution in [0.3, 0.4) is 0 Å². The van der Waals surface area contributed by atoms with E-state index >= 15 is 0 Å². The van der Waals surface area contributed by atoms with Crippen molar-refractivity contribution < 1.29 is 9.90 Å². The Hall–Kier alpha value is -1.61. The Balaban J connectivity index is 0.000000921. The fraction of sp³-hybridized carbons (Fsp3) is 0.250. The van der Waals surface area contributed by atoms with Gasteiger partial charge in [0.15, 0.2) is 0 Å². The van der Waals surface area contributed by atoms with Crippen molar-refractivity contribution in [1.29, 1.82) is 0 Å². The van der Waals surface area contributed by atoms with Crippen molar-refractivity contribution >= 4 is 5.97 Å². The molecule has 15 heavy (non-hydrogen) atoms. The molecule has 0 amide bonds. The van der Waals surface area contributed by atoms with Gasteiger partial charge in [-0.05, 0) is 37.7 Å². The van der Waals surface area contributed by atoms with Crippen LogP contribution in [0.2, 0.25) is 0 Å². The van der Waals surface area contributed by atoms with Crippen LogP contribution in [-0.4, -0.2) is 24.7 Å². The van der Waals surface area contributed by atoms with E-state index in [1.807, 2.05) is 19.2 Å². The maximum atomic E-state index is 10.5. The zero-order chi connectivity index (χ0) is 11.7. The summed E-state index contributed by atoms with van der Waals surface area (Å²) in [7, 11) is 1.89. The van der Waals surface area contributed by atoms with Gasteiger partial charge in [0.2, 0.25) is 0 Å². The Morgan fingerprint density at radius 2 is 1.87 bits per heavy atom. The van der Waals surface area contributed by atoms with Crippen LogP contribution in [0.15, 0.2) is 37.4 Å². The van der Waals surface area contributed by atoms with Crippen LogP contribution >= 0.6 is 0 Å². The van der Waals surface area contributed by atoms with Crippen LogP contribution in [0.25, 0.3) is 0 Å². The maximum Gasteiger partial charge on any atom is 0.335 e. The van der Waals surface area contributed by atoms with E-state index in [0.717, 1.165) is 18.5 Å². The summed E-state index contributed by atoms with van der Waals surface area (Å²) < 4.78 is 0. The molecular weight excluding hydrogens is 190 g/mol. The first kappa shape index (κ1) is 13.4. The third-order valence-electron chi connectivity index (χ3n) is 1.86. The molecular formula is C12H17NO2. The number of hydrogen-bond donors (Lipinski definition) is 2. The Morgan fingerprint density at radius 1 is 1.33 bits per heavy atom. The lowest BCUT2D eigenvalue weighted by atomic mass is 10.1. The molecule has 0 saturated carbocycles. The van der Waals surface area contributed by atoms with Gasteiger partial charge < -0.3 is 10.4 Å². The van der Waals surface area contributed by atoms with Crippen molar-refractivity contribution in [1.82, 2.24) is 5.32 Å². The molecule has 0 bridgehead atoms. The number of carbonyl (C=O) groups is 1. The lowest BCUT2D eigenvalue weighted by Crippen LogP contribution is -2.10. The van der Waals surface area contributed by atoms with Crippen molar-refractivity contribution in [3.8, 4) is 0 Å². The zero-order valence-corrected chi connectivity index (χ0v) is 8.99. The molecule has 82 valence electrons. The Bertz CT molecular complexity index is 293. The highest BCUT2D eigenvalue weighted by molar-refractivity contribution is 5.87. The lowest BCUT2D eigenvalue weighted by Gasteiger charge is -2.00. The number of benzene rings is 1. The molecule has 1 rings (SSSR count). The fourth-order valence-corrected chi connectivity index (χ4v) is 1.08. The van der Waals surface area contributed by atoms with E-state index in [1.54, 1.807) is 12.1 Å². The second-order valence-electron chi connectivity index (χ2n) is 2.86. The summed E-state index contributed by atoms with van der Waals surface area (Å²) in [5.41, 5.74) is 1.49. The summed E-state index contributed by atoms with van der Waals surface area (Å²) in [4.78, 5) is 10.5. The quantitative estimate of drug-likeness (QED) is 0.742. The summed E-state index contributed by atoms with van der Waals surface area (Å²) in [6, 6.07) is 6.96. The van der Waals surface area contributed by atoms with Gasteiger partial charge in [0.1, 0.15) is 0 Å². The summed E-state index contributed by atoms with van der Waals surface area (Å²) in [5, 5.41) is 11.7. The molecule has 0 heterocycles. The molecule has 0 radical (unpaired) electrons. The molecule has 0 saturated heterocycles. The average molecular weight is 207 g/mol. The standard InChI is InChI=1S/C10H13NO2.C2H4/c1-11-7-6-8-2-4-9(5-3-8)10(12)13;1-2/h2-5,11H,6-7H2,1H3,(H,12,13);1-2H2. The summed E-state index contributed by atoms with van der Waals surface area (Å²) in [5.74, 6) is -0.875. The van der Waals surface area contributed by atoms with Crippen molar-refractivity contribution in [2.24, 2.45) is 0 Å². The van der Waals surface area contributed by atoms with Crippen molar-refractivity contribution in [3.05, 3.63) is 48.6 Å². The second-order valence-corrected chi connectivity index (χ2v) is 2.86. The topological polar surface area (TPSA) is 49.3 Å². The molecule has 1 aromatic rings. The first-order valence-corrected chi connectivity index (χ1v) is 4.71. The Labute approximate surface area is 90.4 Å². The number of aromatic carboxylic acids is 1. The maximum absolute atomic E-state index is 10.5. The SMILES string of the molecule is C=C.CNCCc1ccc(C(=O)O)cc1. The van der Waals surface area contributed by atoms with Gasteiger partial charge in [0.05, 0.1) is 5.56 Å². The van der Waals surface area contributed by atoms with Gasteiger partial charge in [-0.25, -0.2) is 4.79 Å². The van der Waals surface area contributed by atoms with Gasteiger partial charge in [-0.3, -0.25) is 0 Å². The van der Waals surface area contributed by atoms with E-state index in [1.165, 1.54) is 0 Å². The van der Waals surface area contributed by atoms with E-state index in [2.05, 4.69) is 18.5 Å². The van der Waals surface area contributed by atoms with Crippen molar-refractivity contribution in [3.63, 3.8) is 0 Å². The largest absolute Gasteiger partial charge is 0.478 e. The van der Waals surface area contributed by atoms with Gasteiger partial charge in [0, 0.05) is 0 Å². The molecule has 0 aliphatic carbocycles. The molecule has 0 aliphatic rings. The number of rotatable bonds is 4. The third-order valence-corrected chi connectivity index (χ3v) is 1.86. The number of nitrogens with one attached hydrogen (secondary N) is 1. The highest BCUT2D eigenvalue weighted by atomic mass is 16.4. The fourth-order valence-electron chi connectivity index (χ4n) is 1.08. The molecule has 0 spiro atoms. The number of hydrogen-bond acceptors (Lipinski definition) is 2. The minimum atomic E-state index is -0.875. The summed E-state index contributed by atoms with van der Waals surface area (Å²) in [6.45, 7) is 6.91. The van der Waals surface area contributed by atoms with E-state index in [4.69, 9.17) is 5.11 Å². The highest BCUT2D eigenvalue weighted by Gasteiger charge is 2.00. The Morgan fingerprint density at radius 3 is 2.27 bits per heavy atom. The number of likely N-dealkylation sites (N-methyl/N-ethyl adjacent to an activating group) is 1. The average Bonchev–Trinajstić information content (AvgIpc) is 2.29. The molecule has 3 heteroatoms. The van der Waals surface area contributed by atoms with Crippen LogP contribution < -0.4 is 5.32 Å². The van der Waals surface area contributed by atoms with Gasteiger partial charge in [-0.1, -0.05) is 12.1 Å². The van der Waals surface area contributed by atoms with Crippen molar-refractivity contribution in [2.75, 3.05) is 13.6 Å². The normalized spacial score (nSPS) is 8.87. The van der Waals surface area contributed by atoms with E-state index in [0.29, 0.717) is 5.56 Å². The van der Waals surface area contributed by atoms with Crippen molar-refractivity contribution in [2.45, 2.75) is 6.42 Å². The van der Waals surface area contributed by atoms with Gasteiger partial charge in [0.25, 0.3) is 0 Å². The molecule has 0 aromatic heterocycles. The smallest absolute Gasteiger partial charge is 0.335 e. The van der Waals surface area contributed by atoms with Crippen LogP contribution in [-0.2, 0) is 6.42 Å². The Kier molecular flexibility index (Phi) is 6.93. The van der Waals surface area contributed by atoms with Crippen LogP contribution in [0.1, 0.15) is 15.9 Å². The first-order chi connectivity index (χ1) is 7.24. The predicted octanol–water partition coefficient (Wildman–Crippen LogP) is 1.95. The lowest BCUT2D eigenvalue weighted by molar-refractivity contribution is 0.0697. The molecule has 0 atom stereocenters. The predicted molar refractivity (Wildman–Crippen MR) is 62.3 cm³/mol. The van der Waals surface area contributed by atoms with Gasteiger partial charge in [-0.15, -0.1) is 13.2 Å². The van der Waals surface area contributed by atoms with Crippen LogP contribution in [0.4, 0.5) is 0 Å². The second kappa shape index (κ2) is 7.76. The molecule has 2 N–H and O–H groups in total. The minimum Gasteiger partial charge on any atom is -0.478 e. The van der Waals surface area contributed by atoms with Crippen LogP contribution in [0, 0.1) is 0 Å². The first-order valence-electron chi connectivity index (χ1n) is 4.71. The third kappa shape index (κ3) is 4.98. The molecule has 0 aliphatic heterocycles. The number of carboxylic acids is 1. The molecule has 0 unspecified atom stereocenters. The monoisotopic (exact) mass is 207 g/mol.